The molecule has 1 N–H and O–H groups in total. The quantitative estimate of drug-likeness (QED) is 0.859. The number of aryl methyl sites for hydroxylation is 2. The van der Waals surface area contributed by atoms with Gasteiger partial charge in [0.05, 0.1) is 11.4 Å². The standard InChI is InChI=1S/C16H17FN2O2/c1-3-13-10-14(4-2)19(18-13)15-7-6-12(17)9-11(15)5-8-16(20)21/h5-10H,3-4H2,1-2H3,(H,20,21)/b8-5+. The fourth-order valence-corrected chi connectivity index (χ4v) is 2.12. The van der Waals surface area contributed by atoms with Crippen LogP contribution in [0.4, 0.5) is 4.39 Å². The van der Waals surface area contributed by atoms with E-state index in [9.17, 15) is 9.18 Å². The van der Waals surface area contributed by atoms with Gasteiger partial charge in [0.2, 0.25) is 0 Å². The van der Waals surface area contributed by atoms with Gasteiger partial charge >= 0.3 is 5.97 Å². The second-order valence-corrected chi connectivity index (χ2v) is 4.62. The molecule has 2 aromatic rings. The molecule has 0 spiro atoms. The van der Waals surface area contributed by atoms with E-state index in [1.807, 2.05) is 19.9 Å². The molecule has 1 heterocycles. The van der Waals surface area contributed by atoms with Gasteiger partial charge in [-0.15, -0.1) is 0 Å². The van der Waals surface area contributed by atoms with Crippen molar-refractivity contribution in [2.24, 2.45) is 0 Å². The van der Waals surface area contributed by atoms with Gasteiger partial charge in [0.1, 0.15) is 5.82 Å². The Morgan fingerprint density at radius 3 is 2.71 bits per heavy atom. The molecule has 4 nitrogen and oxygen atoms in total. The first-order valence-electron chi connectivity index (χ1n) is 6.83. The van der Waals surface area contributed by atoms with E-state index in [4.69, 9.17) is 5.11 Å². The van der Waals surface area contributed by atoms with Gasteiger partial charge < -0.3 is 5.11 Å². The summed E-state index contributed by atoms with van der Waals surface area (Å²) in [7, 11) is 0. The summed E-state index contributed by atoms with van der Waals surface area (Å²) in [6, 6.07) is 6.28. The Morgan fingerprint density at radius 2 is 2.10 bits per heavy atom. The van der Waals surface area contributed by atoms with E-state index in [0.717, 1.165) is 30.3 Å². The van der Waals surface area contributed by atoms with Gasteiger partial charge in [-0.1, -0.05) is 13.8 Å². The number of aromatic nitrogens is 2. The molecule has 0 amide bonds. The van der Waals surface area contributed by atoms with Crippen molar-refractivity contribution in [1.29, 1.82) is 0 Å². The van der Waals surface area contributed by atoms with Crippen molar-refractivity contribution in [3.8, 4) is 5.69 Å². The van der Waals surface area contributed by atoms with E-state index in [1.54, 1.807) is 10.7 Å². The maximum absolute atomic E-state index is 13.4. The maximum Gasteiger partial charge on any atom is 0.328 e. The van der Waals surface area contributed by atoms with Crippen LogP contribution in [0.1, 0.15) is 30.8 Å². The van der Waals surface area contributed by atoms with Gasteiger partial charge in [0.25, 0.3) is 0 Å². The van der Waals surface area contributed by atoms with E-state index >= 15 is 0 Å². The molecule has 5 heteroatoms. The van der Waals surface area contributed by atoms with E-state index in [-0.39, 0.29) is 0 Å². The minimum absolute atomic E-state index is 0.412. The summed E-state index contributed by atoms with van der Waals surface area (Å²) in [5.74, 6) is -1.49. The summed E-state index contributed by atoms with van der Waals surface area (Å²) in [6.07, 6.45) is 3.97. The number of carbonyl (C=O) groups is 1. The lowest BCUT2D eigenvalue weighted by atomic mass is 10.1. The Balaban J connectivity index is 2.57. The van der Waals surface area contributed by atoms with Gasteiger partial charge in [-0.3, -0.25) is 0 Å². The molecule has 0 aliphatic rings. The first kappa shape index (κ1) is 15.0. The minimum atomic E-state index is -1.07. The SMILES string of the molecule is CCc1cc(CC)n(-c2ccc(F)cc2/C=C/C(=O)O)n1. The van der Waals surface area contributed by atoms with Crippen LogP contribution in [0.3, 0.4) is 0 Å². The highest BCUT2D eigenvalue weighted by Gasteiger charge is 2.11. The van der Waals surface area contributed by atoms with Crippen LogP contribution in [-0.4, -0.2) is 20.9 Å². The predicted molar refractivity (Wildman–Crippen MR) is 78.9 cm³/mol. The highest BCUT2D eigenvalue weighted by atomic mass is 19.1. The number of hydrogen-bond donors (Lipinski definition) is 1. The molecule has 0 aliphatic carbocycles. The molecule has 0 fully saturated rings. The van der Waals surface area contributed by atoms with Crippen LogP contribution < -0.4 is 0 Å². The fraction of sp³-hybridized carbons (Fsp3) is 0.250. The third-order valence-corrected chi connectivity index (χ3v) is 3.18. The van der Waals surface area contributed by atoms with Gasteiger partial charge in [-0.2, -0.15) is 5.10 Å². The maximum atomic E-state index is 13.4. The number of carboxylic acid groups (broad SMARTS) is 1. The molecule has 0 unspecified atom stereocenters. The second-order valence-electron chi connectivity index (χ2n) is 4.62. The molecule has 110 valence electrons. The molecule has 0 saturated carbocycles. The second kappa shape index (κ2) is 6.35. The van der Waals surface area contributed by atoms with Crippen molar-refractivity contribution in [1.82, 2.24) is 9.78 Å². The lowest BCUT2D eigenvalue weighted by Gasteiger charge is -2.09. The molecule has 0 radical (unpaired) electrons. The average molecular weight is 288 g/mol. The van der Waals surface area contributed by atoms with Gasteiger partial charge in [-0.05, 0) is 43.2 Å². The summed E-state index contributed by atoms with van der Waals surface area (Å²) >= 11 is 0. The van der Waals surface area contributed by atoms with Gasteiger partial charge in [0, 0.05) is 17.3 Å². The highest BCUT2D eigenvalue weighted by Crippen LogP contribution is 2.20. The summed E-state index contributed by atoms with van der Waals surface area (Å²) in [6.45, 7) is 4.03. The summed E-state index contributed by atoms with van der Waals surface area (Å²) in [4.78, 5) is 10.7. The van der Waals surface area contributed by atoms with Crippen LogP contribution in [0, 0.1) is 5.82 Å². The molecule has 0 atom stereocenters. The fourth-order valence-electron chi connectivity index (χ4n) is 2.12. The Hall–Kier alpha value is -2.43. The number of hydrogen-bond acceptors (Lipinski definition) is 2. The Morgan fingerprint density at radius 1 is 1.33 bits per heavy atom. The molecule has 2 rings (SSSR count). The zero-order valence-electron chi connectivity index (χ0n) is 12.0. The average Bonchev–Trinajstić information content (AvgIpc) is 2.88. The van der Waals surface area contributed by atoms with Crippen molar-refractivity contribution >= 4 is 12.0 Å². The van der Waals surface area contributed by atoms with Crippen LogP contribution >= 0.6 is 0 Å². The van der Waals surface area contributed by atoms with Crippen molar-refractivity contribution < 1.29 is 14.3 Å². The molecule has 21 heavy (non-hydrogen) atoms. The smallest absolute Gasteiger partial charge is 0.328 e. The largest absolute Gasteiger partial charge is 0.478 e. The lowest BCUT2D eigenvalue weighted by Crippen LogP contribution is -2.04. The van der Waals surface area contributed by atoms with Gasteiger partial charge in [0.15, 0.2) is 0 Å². The van der Waals surface area contributed by atoms with Crippen molar-refractivity contribution in [3.05, 3.63) is 53.1 Å². The zero-order valence-corrected chi connectivity index (χ0v) is 12.0. The Bertz CT molecular complexity index is 690. The predicted octanol–water partition coefficient (Wildman–Crippen LogP) is 3.23. The lowest BCUT2D eigenvalue weighted by molar-refractivity contribution is -0.131. The van der Waals surface area contributed by atoms with Crippen molar-refractivity contribution in [2.75, 3.05) is 0 Å². The number of rotatable bonds is 5. The minimum Gasteiger partial charge on any atom is -0.478 e. The van der Waals surface area contributed by atoms with Crippen molar-refractivity contribution in [3.63, 3.8) is 0 Å². The number of benzene rings is 1. The summed E-state index contributed by atoms with van der Waals surface area (Å²) < 4.78 is 15.2. The van der Waals surface area contributed by atoms with Crippen LogP contribution in [0.25, 0.3) is 11.8 Å². The van der Waals surface area contributed by atoms with Crippen LogP contribution in [0.5, 0.6) is 0 Å². The molecule has 1 aromatic carbocycles. The van der Waals surface area contributed by atoms with Gasteiger partial charge in [-0.25, -0.2) is 13.9 Å². The summed E-state index contributed by atoms with van der Waals surface area (Å²) in [5.41, 5.74) is 3.11. The van der Waals surface area contributed by atoms with Crippen molar-refractivity contribution in [2.45, 2.75) is 26.7 Å². The van der Waals surface area contributed by atoms with Crippen LogP contribution in [0.15, 0.2) is 30.3 Å². The Kier molecular flexibility index (Phi) is 4.52. The third-order valence-electron chi connectivity index (χ3n) is 3.18. The monoisotopic (exact) mass is 288 g/mol. The molecular weight excluding hydrogens is 271 g/mol. The highest BCUT2D eigenvalue weighted by molar-refractivity contribution is 5.86. The number of nitrogens with zero attached hydrogens (tertiary/aromatic N) is 2. The van der Waals surface area contributed by atoms with E-state index < -0.39 is 11.8 Å². The van der Waals surface area contributed by atoms with E-state index in [2.05, 4.69) is 5.10 Å². The normalized spacial score (nSPS) is 11.2. The van der Waals surface area contributed by atoms with E-state index in [1.165, 1.54) is 18.2 Å². The molecule has 0 aliphatic heterocycles. The van der Waals surface area contributed by atoms with Crippen LogP contribution in [0.2, 0.25) is 0 Å². The third kappa shape index (κ3) is 3.37. The van der Waals surface area contributed by atoms with Crippen LogP contribution in [-0.2, 0) is 17.6 Å². The first-order valence-corrected chi connectivity index (χ1v) is 6.83. The zero-order chi connectivity index (χ0) is 15.4. The first-order chi connectivity index (χ1) is 10.0. The number of halogens is 1. The molecule has 1 aromatic heterocycles. The Labute approximate surface area is 122 Å². The van der Waals surface area contributed by atoms with E-state index in [0.29, 0.717) is 11.3 Å². The summed E-state index contributed by atoms with van der Waals surface area (Å²) in [5, 5.41) is 13.2. The molecule has 0 bridgehead atoms. The molecule has 0 saturated heterocycles. The number of aliphatic carboxylic acids is 1. The number of carboxylic acids is 1. The topological polar surface area (TPSA) is 55.1 Å². The molecular formula is C16H17FN2O2.